The van der Waals surface area contributed by atoms with Gasteiger partial charge in [-0.05, 0) is 13.3 Å². The third kappa shape index (κ3) is 0.818. The van der Waals surface area contributed by atoms with Crippen LogP contribution in [0.3, 0.4) is 0 Å². The summed E-state index contributed by atoms with van der Waals surface area (Å²) in [6, 6.07) is 0. The Hall–Kier alpha value is -0.860. The first-order valence-corrected chi connectivity index (χ1v) is 3.43. The molecule has 3 nitrogen and oxygen atoms in total. The average molecular weight is 140 g/mol. The summed E-state index contributed by atoms with van der Waals surface area (Å²) in [7, 11) is 1.73. The third-order valence-corrected chi connectivity index (χ3v) is 1.99. The van der Waals surface area contributed by atoms with Crippen LogP contribution in [-0.4, -0.2) is 29.7 Å². The minimum absolute atomic E-state index is 0.0926. The molecule has 0 aliphatic carbocycles. The second-order valence-corrected chi connectivity index (χ2v) is 2.79. The van der Waals surface area contributed by atoms with Crippen molar-refractivity contribution in [2.45, 2.75) is 25.8 Å². The number of likely N-dealkylation sites (N-methyl/N-ethyl adjacent to an activating group) is 1. The summed E-state index contributed by atoms with van der Waals surface area (Å²) in [6.07, 6.45) is 2.36. The molecule has 0 spiro atoms. The van der Waals surface area contributed by atoms with Gasteiger partial charge in [0.1, 0.15) is 5.54 Å². The molecule has 0 aromatic heterocycles. The van der Waals surface area contributed by atoms with Gasteiger partial charge in [-0.3, -0.25) is 9.79 Å². The first-order valence-electron chi connectivity index (χ1n) is 3.43. The van der Waals surface area contributed by atoms with E-state index in [1.165, 1.54) is 4.90 Å². The van der Waals surface area contributed by atoms with Crippen molar-refractivity contribution in [1.29, 1.82) is 0 Å². The fraction of sp³-hybridized carbons (Fsp3) is 0.714. The van der Waals surface area contributed by atoms with E-state index < -0.39 is 5.54 Å². The quantitative estimate of drug-likeness (QED) is 0.526. The molecule has 1 aliphatic rings. The van der Waals surface area contributed by atoms with Crippen LogP contribution < -0.4 is 0 Å². The Bertz CT molecular complexity index is 188. The van der Waals surface area contributed by atoms with E-state index in [2.05, 4.69) is 4.99 Å². The Kier molecular flexibility index (Phi) is 1.50. The predicted octanol–water partition coefficient (Wildman–Crippen LogP) is 0.655. The molecule has 0 saturated carbocycles. The van der Waals surface area contributed by atoms with Crippen LogP contribution in [0.15, 0.2) is 4.99 Å². The summed E-state index contributed by atoms with van der Waals surface area (Å²) >= 11 is 0. The first kappa shape index (κ1) is 7.25. The van der Waals surface area contributed by atoms with Crippen LogP contribution in [0.1, 0.15) is 20.3 Å². The number of carbonyl (C=O) groups is 1. The highest BCUT2D eigenvalue weighted by atomic mass is 16.2. The minimum atomic E-state index is -0.477. The maximum absolute atomic E-state index is 11.3. The highest BCUT2D eigenvalue weighted by Gasteiger charge is 2.36. The fourth-order valence-electron chi connectivity index (χ4n) is 0.944. The van der Waals surface area contributed by atoms with Gasteiger partial charge in [-0.2, -0.15) is 0 Å². The van der Waals surface area contributed by atoms with Gasteiger partial charge in [0.15, 0.2) is 0 Å². The Morgan fingerprint density at radius 3 is 2.60 bits per heavy atom. The van der Waals surface area contributed by atoms with E-state index in [-0.39, 0.29) is 5.91 Å². The van der Waals surface area contributed by atoms with Crippen molar-refractivity contribution in [2.75, 3.05) is 7.05 Å². The van der Waals surface area contributed by atoms with Gasteiger partial charge >= 0.3 is 0 Å². The van der Waals surface area contributed by atoms with Crippen molar-refractivity contribution >= 4 is 12.2 Å². The molecule has 1 amide bonds. The van der Waals surface area contributed by atoms with Gasteiger partial charge in [0.2, 0.25) is 0 Å². The van der Waals surface area contributed by atoms with E-state index in [1.807, 2.05) is 13.8 Å². The van der Waals surface area contributed by atoms with Gasteiger partial charge in [0.05, 0.1) is 6.34 Å². The number of hydrogen-bond donors (Lipinski definition) is 0. The van der Waals surface area contributed by atoms with Crippen LogP contribution in [0.5, 0.6) is 0 Å². The molecule has 10 heavy (non-hydrogen) atoms. The molecule has 56 valence electrons. The lowest BCUT2D eigenvalue weighted by Gasteiger charge is -2.16. The van der Waals surface area contributed by atoms with Gasteiger partial charge in [-0.15, -0.1) is 0 Å². The summed E-state index contributed by atoms with van der Waals surface area (Å²) in [5.41, 5.74) is -0.477. The molecule has 0 saturated heterocycles. The van der Waals surface area contributed by atoms with Crippen LogP contribution >= 0.6 is 0 Å². The first-order chi connectivity index (χ1) is 4.60. The predicted molar refractivity (Wildman–Crippen MR) is 40.0 cm³/mol. The van der Waals surface area contributed by atoms with E-state index in [4.69, 9.17) is 0 Å². The summed E-state index contributed by atoms with van der Waals surface area (Å²) in [6.45, 7) is 3.82. The normalized spacial score (nSPS) is 31.9. The SMILES string of the molecule is CCC1(C)N=CN(C)C1=O. The largest absolute Gasteiger partial charge is 0.304 e. The van der Waals surface area contributed by atoms with Gasteiger partial charge in [-0.25, -0.2) is 0 Å². The second kappa shape index (κ2) is 2.08. The zero-order chi connectivity index (χ0) is 7.78. The Balaban J connectivity index is 2.84. The number of nitrogens with zero attached hydrogens (tertiary/aromatic N) is 2. The van der Waals surface area contributed by atoms with E-state index in [0.717, 1.165) is 6.42 Å². The van der Waals surface area contributed by atoms with Crippen LogP contribution in [0.2, 0.25) is 0 Å². The molecule has 1 heterocycles. The smallest absolute Gasteiger partial charge is 0.255 e. The maximum atomic E-state index is 11.3. The molecule has 1 rings (SSSR count). The zero-order valence-corrected chi connectivity index (χ0v) is 6.59. The van der Waals surface area contributed by atoms with E-state index in [0.29, 0.717) is 0 Å². The molecule has 1 unspecified atom stereocenters. The Morgan fingerprint density at radius 2 is 2.40 bits per heavy atom. The van der Waals surface area contributed by atoms with Crippen molar-refractivity contribution in [3.63, 3.8) is 0 Å². The summed E-state index contributed by atoms with van der Waals surface area (Å²) in [5.74, 6) is 0.0926. The van der Waals surface area contributed by atoms with Crippen LogP contribution in [0.25, 0.3) is 0 Å². The van der Waals surface area contributed by atoms with Crippen LogP contribution in [0.4, 0.5) is 0 Å². The molecule has 1 aliphatic heterocycles. The number of rotatable bonds is 1. The number of carbonyl (C=O) groups excluding carboxylic acids is 1. The molecule has 0 fully saturated rings. The van der Waals surface area contributed by atoms with Gasteiger partial charge in [-0.1, -0.05) is 6.92 Å². The van der Waals surface area contributed by atoms with Gasteiger partial charge in [0.25, 0.3) is 5.91 Å². The summed E-state index contributed by atoms with van der Waals surface area (Å²) in [5, 5.41) is 0. The van der Waals surface area contributed by atoms with E-state index in [9.17, 15) is 4.79 Å². The third-order valence-electron chi connectivity index (χ3n) is 1.99. The Morgan fingerprint density at radius 1 is 1.80 bits per heavy atom. The van der Waals surface area contributed by atoms with Crippen molar-refractivity contribution < 1.29 is 4.79 Å². The Labute approximate surface area is 60.7 Å². The fourth-order valence-corrected chi connectivity index (χ4v) is 0.944. The van der Waals surface area contributed by atoms with Gasteiger partial charge < -0.3 is 4.90 Å². The highest BCUT2D eigenvalue weighted by molar-refractivity contribution is 5.99. The molecule has 0 bridgehead atoms. The van der Waals surface area contributed by atoms with E-state index in [1.54, 1.807) is 13.4 Å². The topological polar surface area (TPSA) is 32.7 Å². The van der Waals surface area contributed by atoms with Crippen LogP contribution in [-0.2, 0) is 4.79 Å². The number of hydrogen-bond acceptors (Lipinski definition) is 2. The molecule has 1 atom stereocenters. The monoisotopic (exact) mass is 140 g/mol. The van der Waals surface area contributed by atoms with Crippen molar-refractivity contribution in [2.24, 2.45) is 4.99 Å². The number of aliphatic imine (C=N–C) groups is 1. The molecule has 0 N–H and O–H groups in total. The lowest BCUT2D eigenvalue weighted by atomic mass is 10.00. The maximum Gasteiger partial charge on any atom is 0.255 e. The molecule has 3 heteroatoms. The summed E-state index contributed by atoms with van der Waals surface area (Å²) in [4.78, 5) is 16.9. The van der Waals surface area contributed by atoms with Crippen molar-refractivity contribution in [3.8, 4) is 0 Å². The highest BCUT2D eigenvalue weighted by Crippen LogP contribution is 2.21. The summed E-state index contributed by atoms with van der Waals surface area (Å²) < 4.78 is 0. The van der Waals surface area contributed by atoms with Crippen molar-refractivity contribution in [3.05, 3.63) is 0 Å². The molecule has 0 radical (unpaired) electrons. The van der Waals surface area contributed by atoms with E-state index >= 15 is 0 Å². The average Bonchev–Trinajstić information content (AvgIpc) is 2.19. The lowest BCUT2D eigenvalue weighted by Crippen LogP contribution is -2.36. The van der Waals surface area contributed by atoms with Crippen LogP contribution in [0, 0.1) is 0 Å². The zero-order valence-electron chi connectivity index (χ0n) is 6.59. The minimum Gasteiger partial charge on any atom is -0.304 e. The molecule has 0 aromatic carbocycles. The standard InChI is InChI=1S/C7H12N2O/c1-4-7(2)6(10)9(3)5-8-7/h5H,4H2,1-3H3. The molecular formula is C7H12N2O. The number of amides is 1. The van der Waals surface area contributed by atoms with Crippen molar-refractivity contribution in [1.82, 2.24) is 4.90 Å². The molecular weight excluding hydrogens is 128 g/mol. The lowest BCUT2D eigenvalue weighted by molar-refractivity contribution is -0.129. The second-order valence-electron chi connectivity index (χ2n) is 2.79. The van der Waals surface area contributed by atoms with Gasteiger partial charge in [0, 0.05) is 7.05 Å². The molecule has 0 aromatic rings.